The minimum Gasteiger partial charge on any atom is -0.367 e. The number of anilines is 1. The molecule has 0 aromatic heterocycles. The van der Waals surface area contributed by atoms with Gasteiger partial charge < -0.3 is 10.2 Å². The Morgan fingerprint density at radius 2 is 1.81 bits per heavy atom. The summed E-state index contributed by atoms with van der Waals surface area (Å²) in [5.41, 5.74) is -0.803. The predicted octanol–water partition coefficient (Wildman–Crippen LogP) is 4.34. The highest BCUT2D eigenvalue weighted by Gasteiger charge is 2.32. The van der Waals surface area contributed by atoms with Gasteiger partial charge in [0.2, 0.25) is 5.91 Å². The van der Waals surface area contributed by atoms with Crippen molar-refractivity contribution < 1.29 is 22.4 Å². The Kier molecular flexibility index (Phi) is 8.35. The lowest BCUT2D eigenvalue weighted by Gasteiger charge is -2.37. The van der Waals surface area contributed by atoms with Crippen LogP contribution in [0.5, 0.6) is 0 Å². The third kappa shape index (κ3) is 6.83. The van der Waals surface area contributed by atoms with Crippen molar-refractivity contribution in [3.8, 4) is 6.07 Å². The maximum Gasteiger partial charge on any atom is 0.416 e. The number of benzene rings is 1. The molecule has 1 amide bonds. The number of nitrogens with zero attached hydrogens (tertiary/aromatic N) is 3. The summed E-state index contributed by atoms with van der Waals surface area (Å²) in [4.78, 5) is 15.7. The minimum atomic E-state index is -4.48. The first kappa shape index (κ1) is 24.3. The highest BCUT2D eigenvalue weighted by Crippen LogP contribution is 2.33. The van der Waals surface area contributed by atoms with Gasteiger partial charge in [0.1, 0.15) is 5.82 Å². The fraction of sp³-hybridized carbons (Fsp3) is 0.652. The second-order valence-corrected chi connectivity index (χ2v) is 8.72. The van der Waals surface area contributed by atoms with Gasteiger partial charge in [0.05, 0.1) is 17.3 Å². The topological polar surface area (TPSA) is 59.4 Å². The molecule has 0 bridgehead atoms. The summed E-state index contributed by atoms with van der Waals surface area (Å²) >= 11 is 0. The van der Waals surface area contributed by atoms with Gasteiger partial charge in [-0.3, -0.25) is 9.69 Å². The van der Waals surface area contributed by atoms with Gasteiger partial charge in [-0.2, -0.15) is 18.4 Å². The Balaban J connectivity index is 1.39. The number of piperazine rings is 1. The van der Waals surface area contributed by atoms with Crippen molar-refractivity contribution in [1.82, 2.24) is 10.2 Å². The monoisotopic (exact) mass is 454 g/mol. The molecule has 2 aliphatic rings. The van der Waals surface area contributed by atoms with E-state index in [1.54, 1.807) is 4.90 Å². The molecule has 1 N–H and O–H groups in total. The number of hydrogen-bond donors (Lipinski definition) is 1. The molecule has 2 fully saturated rings. The largest absolute Gasteiger partial charge is 0.416 e. The first-order valence-electron chi connectivity index (χ1n) is 11.3. The SMILES string of the molecule is N#CCCC(=O)NC1CCC(CCN2CCN(c3cc(C(F)(F)F)ccc3F)CC2)CC1. The number of carbonyl (C=O) groups excluding carboxylic acids is 1. The van der Waals surface area contributed by atoms with Crippen LogP contribution in [0.1, 0.15) is 50.5 Å². The van der Waals surface area contributed by atoms with Crippen molar-refractivity contribution in [2.75, 3.05) is 37.6 Å². The van der Waals surface area contributed by atoms with Crippen molar-refractivity contribution in [1.29, 1.82) is 5.26 Å². The summed E-state index contributed by atoms with van der Waals surface area (Å²) < 4.78 is 53.0. The summed E-state index contributed by atoms with van der Waals surface area (Å²) in [6.07, 6.45) is 1.08. The Morgan fingerprint density at radius 3 is 2.44 bits per heavy atom. The third-order valence-electron chi connectivity index (χ3n) is 6.52. The highest BCUT2D eigenvalue weighted by atomic mass is 19.4. The van der Waals surface area contributed by atoms with E-state index < -0.39 is 17.6 Å². The van der Waals surface area contributed by atoms with Gasteiger partial charge in [-0.15, -0.1) is 0 Å². The Hall–Kier alpha value is -2.34. The van der Waals surface area contributed by atoms with Crippen LogP contribution < -0.4 is 10.2 Å². The van der Waals surface area contributed by atoms with Gasteiger partial charge in [0.15, 0.2) is 0 Å². The number of nitriles is 1. The fourth-order valence-electron chi connectivity index (χ4n) is 4.57. The van der Waals surface area contributed by atoms with Crippen LogP contribution >= 0.6 is 0 Å². The van der Waals surface area contributed by atoms with Crippen LogP contribution in [0.15, 0.2) is 18.2 Å². The van der Waals surface area contributed by atoms with Crippen LogP contribution in [-0.4, -0.2) is 49.6 Å². The molecule has 9 heteroatoms. The van der Waals surface area contributed by atoms with E-state index in [0.29, 0.717) is 32.1 Å². The molecule has 1 saturated carbocycles. The Bertz CT molecular complexity index is 807. The van der Waals surface area contributed by atoms with E-state index >= 15 is 0 Å². The molecule has 1 aromatic carbocycles. The van der Waals surface area contributed by atoms with E-state index in [4.69, 9.17) is 5.26 Å². The van der Waals surface area contributed by atoms with Gasteiger partial charge in [-0.1, -0.05) is 0 Å². The number of alkyl halides is 3. The van der Waals surface area contributed by atoms with E-state index in [1.165, 1.54) is 0 Å². The molecule has 0 spiro atoms. The maximum absolute atomic E-state index is 14.1. The van der Waals surface area contributed by atoms with Crippen LogP contribution in [0.4, 0.5) is 23.2 Å². The molecule has 1 heterocycles. The zero-order valence-electron chi connectivity index (χ0n) is 18.1. The van der Waals surface area contributed by atoms with Crippen LogP contribution in [0.2, 0.25) is 0 Å². The minimum absolute atomic E-state index is 0.0228. The quantitative estimate of drug-likeness (QED) is 0.623. The summed E-state index contributed by atoms with van der Waals surface area (Å²) in [6.45, 7) is 3.31. The zero-order valence-corrected chi connectivity index (χ0v) is 18.1. The number of rotatable bonds is 7. The molecule has 1 saturated heterocycles. The van der Waals surface area contributed by atoms with Crippen LogP contribution in [0.25, 0.3) is 0 Å². The fourth-order valence-corrected chi connectivity index (χ4v) is 4.57. The lowest BCUT2D eigenvalue weighted by Crippen LogP contribution is -2.47. The molecule has 0 radical (unpaired) electrons. The van der Waals surface area contributed by atoms with Crippen molar-refractivity contribution in [3.63, 3.8) is 0 Å². The van der Waals surface area contributed by atoms with Crippen LogP contribution in [0.3, 0.4) is 0 Å². The number of amides is 1. The average molecular weight is 455 g/mol. The van der Waals surface area contributed by atoms with E-state index in [0.717, 1.165) is 56.8 Å². The molecule has 1 aliphatic heterocycles. The first-order valence-corrected chi connectivity index (χ1v) is 11.3. The molecule has 5 nitrogen and oxygen atoms in total. The lowest BCUT2D eigenvalue weighted by molar-refractivity contribution is -0.137. The molecule has 0 unspecified atom stereocenters. The van der Waals surface area contributed by atoms with Gasteiger partial charge in [-0.25, -0.2) is 4.39 Å². The Labute approximate surface area is 186 Å². The smallest absolute Gasteiger partial charge is 0.367 e. The molecule has 0 atom stereocenters. The van der Waals surface area contributed by atoms with Crippen LogP contribution in [-0.2, 0) is 11.0 Å². The van der Waals surface area contributed by atoms with Crippen molar-refractivity contribution in [2.24, 2.45) is 5.92 Å². The molecule has 3 rings (SSSR count). The standard InChI is InChI=1S/C23H30F4N4O/c24-20-8-5-18(23(25,26)27)16-21(20)31-14-12-30(13-15-31)11-9-17-3-6-19(7-4-17)29-22(32)2-1-10-28/h5,8,16-17,19H,1-4,6-7,9,11-15H2,(H,29,32). The van der Waals surface area contributed by atoms with Crippen molar-refractivity contribution in [3.05, 3.63) is 29.6 Å². The Morgan fingerprint density at radius 1 is 1.12 bits per heavy atom. The summed E-state index contributed by atoms with van der Waals surface area (Å²) in [7, 11) is 0. The summed E-state index contributed by atoms with van der Waals surface area (Å²) in [6, 6.07) is 4.76. The number of hydrogen-bond acceptors (Lipinski definition) is 4. The molecule has 176 valence electrons. The number of carbonyl (C=O) groups is 1. The van der Waals surface area contributed by atoms with E-state index in [1.807, 2.05) is 6.07 Å². The number of nitrogens with one attached hydrogen (secondary N) is 1. The molecule has 1 aromatic rings. The number of halogens is 4. The summed E-state index contributed by atoms with van der Waals surface area (Å²) in [5, 5.41) is 11.6. The van der Waals surface area contributed by atoms with Gasteiger partial charge >= 0.3 is 6.18 Å². The third-order valence-corrected chi connectivity index (χ3v) is 6.52. The van der Waals surface area contributed by atoms with Crippen LogP contribution in [0, 0.1) is 23.1 Å². The second kappa shape index (κ2) is 11.0. The molecule has 1 aliphatic carbocycles. The normalized spacial score (nSPS) is 22.4. The first-order chi connectivity index (χ1) is 15.3. The second-order valence-electron chi connectivity index (χ2n) is 8.72. The predicted molar refractivity (Wildman–Crippen MR) is 113 cm³/mol. The molecular weight excluding hydrogens is 424 g/mol. The summed E-state index contributed by atoms with van der Waals surface area (Å²) in [5.74, 6) is -0.0748. The van der Waals surface area contributed by atoms with Crippen molar-refractivity contribution >= 4 is 11.6 Å². The van der Waals surface area contributed by atoms with Crippen molar-refractivity contribution in [2.45, 2.75) is 57.2 Å². The molecular formula is C23H30F4N4O. The highest BCUT2D eigenvalue weighted by molar-refractivity contribution is 5.76. The van der Waals surface area contributed by atoms with E-state index in [-0.39, 0.29) is 30.5 Å². The lowest BCUT2D eigenvalue weighted by atomic mass is 9.84. The van der Waals surface area contributed by atoms with Gasteiger partial charge in [0, 0.05) is 45.1 Å². The van der Waals surface area contributed by atoms with E-state index in [9.17, 15) is 22.4 Å². The zero-order chi connectivity index (χ0) is 23.1. The average Bonchev–Trinajstić information content (AvgIpc) is 2.77. The van der Waals surface area contributed by atoms with Gasteiger partial charge in [0.25, 0.3) is 0 Å². The molecule has 32 heavy (non-hydrogen) atoms. The van der Waals surface area contributed by atoms with E-state index in [2.05, 4.69) is 10.2 Å². The van der Waals surface area contributed by atoms with Gasteiger partial charge in [-0.05, 0) is 62.8 Å². The maximum atomic E-state index is 14.1.